The van der Waals surface area contributed by atoms with Gasteiger partial charge in [0.15, 0.2) is 0 Å². The van der Waals surface area contributed by atoms with Crippen LogP contribution >= 0.6 is 11.3 Å². The predicted molar refractivity (Wildman–Crippen MR) is 58.0 cm³/mol. The molecule has 2 nitrogen and oxygen atoms in total. The molecule has 0 saturated carbocycles. The number of nitrogens with one attached hydrogen (secondary N) is 1. The zero-order chi connectivity index (χ0) is 9.73. The highest BCUT2D eigenvalue weighted by molar-refractivity contribution is 7.09. The highest BCUT2D eigenvalue weighted by Gasteiger charge is 2.20. The highest BCUT2D eigenvalue weighted by Crippen LogP contribution is 2.24. The average molecular weight is 196 g/mol. The Labute approximate surface area is 83.7 Å². The number of rotatable bonds is 5. The summed E-state index contributed by atoms with van der Waals surface area (Å²) in [6.07, 6.45) is 4.97. The van der Waals surface area contributed by atoms with Crippen LogP contribution in [0.15, 0.2) is 24.4 Å². The van der Waals surface area contributed by atoms with E-state index in [0.717, 1.165) is 13.0 Å². The van der Waals surface area contributed by atoms with Crippen LogP contribution in [0.25, 0.3) is 0 Å². The molecular formula is C10H16N2S. The molecule has 0 aliphatic rings. The highest BCUT2D eigenvalue weighted by atomic mass is 32.1. The summed E-state index contributed by atoms with van der Waals surface area (Å²) in [6.45, 7) is 7.03. The van der Waals surface area contributed by atoms with Crippen LogP contribution in [0.1, 0.15) is 11.8 Å². The molecule has 0 bridgehead atoms. The maximum Gasteiger partial charge on any atom is 0.0794 e. The predicted octanol–water partition coefficient (Wildman–Crippen LogP) is 2.10. The Balaban J connectivity index is 2.63. The lowest BCUT2D eigenvalue weighted by Gasteiger charge is -2.24. The fraction of sp³-hybridized carbons (Fsp3) is 0.500. The third kappa shape index (κ3) is 2.94. The standard InChI is InChI=1S/C10H16N2S/c1-4-10(2,7-11-3)5-9-6-12-8-13-9/h4,6,8,11H,1,5,7H2,2-3H3. The van der Waals surface area contributed by atoms with Crippen molar-refractivity contribution in [3.05, 3.63) is 29.2 Å². The first-order chi connectivity index (χ1) is 6.20. The molecule has 1 aromatic rings. The Morgan fingerprint density at radius 2 is 2.54 bits per heavy atom. The van der Waals surface area contributed by atoms with Gasteiger partial charge in [-0.05, 0) is 13.5 Å². The number of nitrogens with zero attached hydrogens (tertiary/aromatic N) is 1. The van der Waals surface area contributed by atoms with E-state index in [4.69, 9.17) is 0 Å². The van der Waals surface area contributed by atoms with Crippen molar-refractivity contribution in [2.24, 2.45) is 5.41 Å². The smallest absolute Gasteiger partial charge is 0.0794 e. The SMILES string of the molecule is C=CC(C)(CNC)Cc1cncs1. The summed E-state index contributed by atoms with van der Waals surface area (Å²) in [6, 6.07) is 0. The summed E-state index contributed by atoms with van der Waals surface area (Å²) >= 11 is 1.70. The van der Waals surface area contributed by atoms with E-state index in [9.17, 15) is 0 Å². The maximum atomic E-state index is 4.06. The lowest BCUT2D eigenvalue weighted by molar-refractivity contribution is 0.409. The molecule has 0 fully saturated rings. The molecule has 1 atom stereocenters. The van der Waals surface area contributed by atoms with Gasteiger partial charge in [-0.15, -0.1) is 17.9 Å². The second-order valence-corrected chi connectivity index (χ2v) is 4.50. The van der Waals surface area contributed by atoms with Crippen molar-refractivity contribution in [3.63, 3.8) is 0 Å². The van der Waals surface area contributed by atoms with E-state index in [1.54, 1.807) is 11.3 Å². The first kappa shape index (κ1) is 10.4. The van der Waals surface area contributed by atoms with Crippen molar-refractivity contribution in [1.29, 1.82) is 0 Å². The third-order valence-corrected chi connectivity index (χ3v) is 2.91. The number of hydrogen-bond acceptors (Lipinski definition) is 3. The molecule has 0 aromatic carbocycles. The maximum absolute atomic E-state index is 4.06. The molecular weight excluding hydrogens is 180 g/mol. The van der Waals surface area contributed by atoms with Crippen LogP contribution < -0.4 is 5.32 Å². The summed E-state index contributed by atoms with van der Waals surface area (Å²) in [7, 11) is 1.97. The zero-order valence-electron chi connectivity index (χ0n) is 8.21. The van der Waals surface area contributed by atoms with Crippen molar-refractivity contribution >= 4 is 11.3 Å². The summed E-state index contributed by atoms with van der Waals surface area (Å²) in [5, 5.41) is 3.18. The molecule has 0 aliphatic carbocycles. The van der Waals surface area contributed by atoms with Crippen molar-refractivity contribution in [2.75, 3.05) is 13.6 Å². The third-order valence-electron chi connectivity index (χ3n) is 2.13. The fourth-order valence-electron chi connectivity index (χ4n) is 1.34. The minimum absolute atomic E-state index is 0.140. The molecule has 0 saturated heterocycles. The van der Waals surface area contributed by atoms with Crippen LogP contribution in [-0.4, -0.2) is 18.6 Å². The van der Waals surface area contributed by atoms with E-state index < -0.39 is 0 Å². The van der Waals surface area contributed by atoms with Crippen LogP contribution in [0.2, 0.25) is 0 Å². The van der Waals surface area contributed by atoms with Crippen molar-refractivity contribution < 1.29 is 0 Å². The molecule has 1 unspecified atom stereocenters. The second-order valence-electron chi connectivity index (χ2n) is 3.53. The molecule has 1 aromatic heterocycles. The molecule has 13 heavy (non-hydrogen) atoms. The fourth-order valence-corrected chi connectivity index (χ4v) is 2.13. The Hall–Kier alpha value is -0.670. The Bertz CT molecular complexity index is 256. The number of thiazole rings is 1. The van der Waals surface area contributed by atoms with E-state index >= 15 is 0 Å². The lowest BCUT2D eigenvalue weighted by Crippen LogP contribution is -2.29. The summed E-state index contributed by atoms with van der Waals surface area (Å²) in [5.41, 5.74) is 2.01. The first-order valence-corrected chi connectivity index (χ1v) is 5.24. The topological polar surface area (TPSA) is 24.9 Å². The molecule has 1 rings (SSSR count). The Morgan fingerprint density at radius 1 is 1.77 bits per heavy atom. The van der Waals surface area contributed by atoms with Gasteiger partial charge in [0.05, 0.1) is 5.51 Å². The summed E-state index contributed by atoms with van der Waals surface area (Å²) < 4.78 is 0. The molecule has 0 radical (unpaired) electrons. The molecule has 3 heteroatoms. The van der Waals surface area contributed by atoms with Crippen LogP contribution in [0.4, 0.5) is 0 Å². The molecule has 1 N–H and O–H groups in total. The van der Waals surface area contributed by atoms with Crippen molar-refractivity contribution in [2.45, 2.75) is 13.3 Å². The minimum atomic E-state index is 0.140. The van der Waals surface area contributed by atoms with Crippen molar-refractivity contribution in [3.8, 4) is 0 Å². The van der Waals surface area contributed by atoms with Crippen molar-refractivity contribution in [1.82, 2.24) is 10.3 Å². The quantitative estimate of drug-likeness (QED) is 0.729. The van der Waals surface area contributed by atoms with Crippen LogP contribution in [0.5, 0.6) is 0 Å². The van der Waals surface area contributed by atoms with E-state index in [2.05, 4.69) is 23.8 Å². The van der Waals surface area contributed by atoms with Gasteiger partial charge < -0.3 is 5.32 Å². The largest absolute Gasteiger partial charge is 0.319 e. The summed E-state index contributed by atoms with van der Waals surface area (Å²) in [5.74, 6) is 0. The molecule has 0 amide bonds. The minimum Gasteiger partial charge on any atom is -0.319 e. The van der Waals surface area contributed by atoms with Gasteiger partial charge in [0.1, 0.15) is 0 Å². The number of hydrogen-bond donors (Lipinski definition) is 1. The number of aromatic nitrogens is 1. The van der Waals surface area contributed by atoms with Gasteiger partial charge in [0.2, 0.25) is 0 Å². The van der Waals surface area contributed by atoms with Crippen LogP contribution in [-0.2, 0) is 6.42 Å². The van der Waals surface area contributed by atoms with E-state index in [0.29, 0.717) is 0 Å². The average Bonchev–Trinajstić information content (AvgIpc) is 2.57. The van der Waals surface area contributed by atoms with E-state index in [1.165, 1.54) is 4.88 Å². The monoisotopic (exact) mass is 196 g/mol. The molecule has 1 heterocycles. The summed E-state index contributed by atoms with van der Waals surface area (Å²) in [4.78, 5) is 5.38. The first-order valence-electron chi connectivity index (χ1n) is 4.36. The molecule has 0 spiro atoms. The van der Waals surface area contributed by atoms with Gasteiger partial charge in [-0.1, -0.05) is 13.0 Å². The van der Waals surface area contributed by atoms with E-state index in [1.807, 2.05) is 24.8 Å². The molecule has 0 aliphatic heterocycles. The zero-order valence-corrected chi connectivity index (χ0v) is 9.03. The van der Waals surface area contributed by atoms with Gasteiger partial charge in [0, 0.05) is 23.0 Å². The lowest BCUT2D eigenvalue weighted by atomic mass is 9.86. The van der Waals surface area contributed by atoms with E-state index in [-0.39, 0.29) is 5.41 Å². The van der Waals surface area contributed by atoms with Crippen LogP contribution in [0, 0.1) is 5.41 Å². The van der Waals surface area contributed by atoms with Gasteiger partial charge in [-0.25, -0.2) is 0 Å². The second kappa shape index (κ2) is 4.53. The normalized spacial score (nSPS) is 15.2. The Kier molecular flexibility index (Phi) is 3.63. The van der Waals surface area contributed by atoms with Gasteiger partial charge >= 0.3 is 0 Å². The molecule has 72 valence electrons. The van der Waals surface area contributed by atoms with Gasteiger partial charge in [-0.3, -0.25) is 4.98 Å². The van der Waals surface area contributed by atoms with Crippen LogP contribution in [0.3, 0.4) is 0 Å². The van der Waals surface area contributed by atoms with Gasteiger partial charge in [0.25, 0.3) is 0 Å². The van der Waals surface area contributed by atoms with Gasteiger partial charge in [-0.2, -0.15) is 0 Å². The Morgan fingerprint density at radius 3 is 3.00 bits per heavy atom.